The number of allylic oxidation sites excluding steroid dienone is 1. The Balaban J connectivity index is 0.000000280. The summed E-state index contributed by atoms with van der Waals surface area (Å²) in [6.07, 6.45) is 6.25. The fourth-order valence-electron chi connectivity index (χ4n) is 2.69. The van der Waals surface area contributed by atoms with Gasteiger partial charge >= 0.3 is 0 Å². The van der Waals surface area contributed by atoms with Crippen molar-refractivity contribution >= 4 is 45.0 Å². The Hall–Kier alpha value is -3.97. The van der Waals surface area contributed by atoms with E-state index in [-0.39, 0.29) is 17.7 Å². The second kappa shape index (κ2) is 10.6. The number of ether oxygens (including phenoxy) is 2. The summed E-state index contributed by atoms with van der Waals surface area (Å²) in [5.41, 5.74) is 2.84. The van der Waals surface area contributed by atoms with Crippen molar-refractivity contribution in [3.8, 4) is 11.8 Å². The van der Waals surface area contributed by atoms with Crippen LogP contribution >= 0.6 is 0 Å². The van der Waals surface area contributed by atoms with E-state index >= 15 is 0 Å². The van der Waals surface area contributed by atoms with Crippen LogP contribution in [-0.2, 0) is 26.0 Å². The number of hydrogen-bond acceptors (Lipinski definition) is 10. The van der Waals surface area contributed by atoms with E-state index in [1.54, 1.807) is 0 Å². The van der Waals surface area contributed by atoms with E-state index in [9.17, 15) is 18.0 Å². The molecular formula is C20H20N6O6S. The van der Waals surface area contributed by atoms with Crippen LogP contribution in [0.1, 0.15) is 11.1 Å². The minimum absolute atomic E-state index is 0.140. The third-order valence-electron chi connectivity index (χ3n) is 4.25. The number of amides is 1. The maximum absolute atomic E-state index is 11.8. The average molecular weight is 472 g/mol. The lowest BCUT2D eigenvalue weighted by Gasteiger charge is -2.08. The lowest BCUT2D eigenvalue weighted by Crippen LogP contribution is -2.39. The number of carbonyl (C=O) groups excluding carboxylic acids is 2. The van der Waals surface area contributed by atoms with Crippen LogP contribution in [-0.4, -0.2) is 62.1 Å². The van der Waals surface area contributed by atoms with E-state index in [0.717, 1.165) is 12.6 Å². The summed E-state index contributed by atoms with van der Waals surface area (Å²) in [6, 6.07) is 9.89. The quantitative estimate of drug-likeness (QED) is 0.617. The molecule has 33 heavy (non-hydrogen) atoms. The van der Waals surface area contributed by atoms with Gasteiger partial charge in [0.2, 0.25) is 34.4 Å². The molecule has 0 saturated heterocycles. The number of carbonyl (C=O) groups is 2. The van der Waals surface area contributed by atoms with Crippen LogP contribution in [0.25, 0.3) is 6.08 Å². The molecule has 0 unspecified atom stereocenters. The summed E-state index contributed by atoms with van der Waals surface area (Å²) in [4.78, 5) is 30.8. The van der Waals surface area contributed by atoms with Crippen molar-refractivity contribution in [2.45, 2.75) is 6.42 Å². The number of methoxy groups -OCH3 is 2. The lowest BCUT2D eigenvalue weighted by molar-refractivity contribution is -0.115. The molecule has 0 radical (unpaired) electrons. The summed E-state index contributed by atoms with van der Waals surface area (Å²) < 4.78 is 35.4. The van der Waals surface area contributed by atoms with Gasteiger partial charge in [0.05, 0.1) is 26.8 Å². The second-order valence-electron chi connectivity index (χ2n) is 6.47. The molecule has 13 heteroatoms. The molecule has 2 heterocycles. The van der Waals surface area contributed by atoms with E-state index < -0.39 is 33.3 Å². The molecule has 12 nitrogen and oxygen atoms in total. The smallest absolute Gasteiger partial charge is 0.264 e. The van der Waals surface area contributed by atoms with E-state index in [1.807, 2.05) is 4.72 Å². The highest BCUT2D eigenvalue weighted by Gasteiger charge is 2.29. The van der Waals surface area contributed by atoms with Gasteiger partial charge in [0.1, 0.15) is 6.21 Å². The summed E-state index contributed by atoms with van der Waals surface area (Å²) >= 11 is 0. The van der Waals surface area contributed by atoms with Gasteiger partial charge < -0.3 is 9.47 Å². The molecule has 1 aliphatic heterocycles. The highest BCUT2D eigenvalue weighted by molar-refractivity contribution is 8.07. The zero-order valence-electron chi connectivity index (χ0n) is 17.7. The number of ketones is 1. The second-order valence-corrected chi connectivity index (χ2v) is 8.15. The number of Topliss-reactive ketones (excluding diaryl/α,β-unsaturated/α-hetero) is 1. The monoisotopic (exact) mass is 472 g/mol. The summed E-state index contributed by atoms with van der Waals surface area (Å²) in [5, 5.41) is 7.86. The van der Waals surface area contributed by atoms with Gasteiger partial charge in [0, 0.05) is 0 Å². The summed E-state index contributed by atoms with van der Waals surface area (Å²) in [7, 11) is -1.52. The first-order valence-electron chi connectivity index (χ1n) is 9.49. The number of benzene rings is 1. The van der Waals surface area contributed by atoms with Gasteiger partial charge in [-0.05, 0) is 17.5 Å². The van der Waals surface area contributed by atoms with Crippen LogP contribution in [0.3, 0.4) is 0 Å². The molecule has 1 amide bonds. The van der Waals surface area contributed by atoms with Gasteiger partial charge in [-0.15, -0.1) is 5.10 Å². The fourth-order valence-corrected chi connectivity index (χ4v) is 3.62. The molecule has 0 bridgehead atoms. The Bertz CT molecular complexity index is 1230. The molecule has 4 rings (SSSR count). The minimum atomic E-state index is -4.25. The third kappa shape index (κ3) is 6.27. The van der Waals surface area contributed by atoms with Crippen LogP contribution in [0.2, 0.25) is 0 Å². The van der Waals surface area contributed by atoms with Crippen molar-refractivity contribution in [3.63, 3.8) is 0 Å². The zero-order chi connectivity index (χ0) is 23.8. The van der Waals surface area contributed by atoms with Crippen molar-refractivity contribution in [1.29, 1.82) is 0 Å². The standard InChI is InChI=1S/C11H12N6O6S.C9H8/c1-22-8-3-9(23-2)16-11(15-8)14-7(19)5-13-24(20,21)10-6(18)4-12-17-10;1-2-5-9-7-3-6-8(9)4-1/h3-4,13H,5H2,1-2H3,(H,14,15,16,19);1-6H,7H2. The van der Waals surface area contributed by atoms with E-state index in [0.29, 0.717) is 0 Å². The predicted molar refractivity (Wildman–Crippen MR) is 121 cm³/mol. The normalized spacial score (nSPS) is 13.6. The van der Waals surface area contributed by atoms with E-state index in [4.69, 9.17) is 9.47 Å². The Morgan fingerprint density at radius 1 is 1.12 bits per heavy atom. The zero-order valence-corrected chi connectivity index (χ0v) is 18.5. The number of anilines is 1. The molecule has 0 atom stereocenters. The van der Waals surface area contributed by atoms with Crippen molar-refractivity contribution < 1.29 is 27.5 Å². The number of nitrogens with one attached hydrogen (secondary N) is 2. The SMILES string of the molecule is C1=Cc2ccccc2C1.COc1cc(OC)nc(NC(=O)CNS(=O)(=O)C2=NN=CC2=O)n1. The van der Waals surface area contributed by atoms with E-state index in [2.05, 4.69) is 61.9 Å². The Kier molecular flexibility index (Phi) is 7.58. The van der Waals surface area contributed by atoms with Crippen LogP contribution in [0, 0.1) is 0 Å². The van der Waals surface area contributed by atoms with Gasteiger partial charge in [-0.3, -0.25) is 14.9 Å². The minimum Gasteiger partial charge on any atom is -0.481 e. The average Bonchev–Trinajstić information content (AvgIpc) is 3.47. The number of fused-ring (bicyclic) bond motifs is 1. The molecular weight excluding hydrogens is 452 g/mol. The maximum atomic E-state index is 11.8. The number of rotatable bonds is 6. The van der Waals surface area contributed by atoms with Crippen molar-refractivity contribution in [3.05, 3.63) is 47.5 Å². The molecule has 1 aliphatic carbocycles. The largest absolute Gasteiger partial charge is 0.481 e. The fraction of sp³-hybridized carbons (Fsp3) is 0.200. The highest BCUT2D eigenvalue weighted by Crippen LogP contribution is 2.18. The first-order chi connectivity index (χ1) is 15.8. The third-order valence-corrected chi connectivity index (χ3v) is 5.57. The molecule has 1 aromatic heterocycles. The maximum Gasteiger partial charge on any atom is 0.264 e. The van der Waals surface area contributed by atoms with Gasteiger partial charge in [-0.1, -0.05) is 36.4 Å². The molecule has 0 saturated carbocycles. The number of nitrogens with zero attached hydrogens (tertiary/aromatic N) is 4. The molecule has 0 spiro atoms. The van der Waals surface area contributed by atoms with Gasteiger partial charge in [0.15, 0.2) is 0 Å². The van der Waals surface area contributed by atoms with Crippen LogP contribution in [0.15, 0.2) is 46.6 Å². The lowest BCUT2D eigenvalue weighted by atomic mass is 10.1. The Morgan fingerprint density at radius 3 is 2.42 bits per heavy atom. The molecule has 0 fully saturated rings. The van der Waals surface area contributed by atoms with Crippen LogP contribution in [0.5, 0.6) is 11.8 Å². The Labute approximate surface area is 189 Å². The predicted octanol–water partition coefficient (Wildman–Crippen LogP) is 0.575. The molecule has 2 N–H and O–H groups in total. The highest BCUT2D eigenvalue weighted by atomic mass is 32.2. The van der Waals surface area contributed by atoms with Crippen molar-refractivity contribution in [1.82, 2.24) is 14.7 Å². The molecule has 172 valence electrons. The summed E-state index contributed by atoms with van der Waals surface area (Å²) in [6.45, 7) is -0.669. The number of hydrogen-bond donors (Lipinski definition) is 2. The Morgan fingerprint density at radius 2 is 1.82 bits per heavy atom. The van der Waals surface area contributed by atoms with Crippen LogP contribution < -0.4 is 19.5 Å². The molecule has 2 aliphatic rings. The topological polar surface area (TPSA) is 161 Å². The van der Waals surface area contributed by atoms with Gasteiger partial charge in [-0.2, -0.15) is 15.1 Å². The number of aromatic nitrogens is 2. The van der Waals surface area contributed by atoms with Gasteiger partial charge in [-0.25, -0.2) is 13.1 Å². The van der Waals surface area contributed by atoms with Crippen molar-refractivity contribution in [2.24, 2.45) is 10.2 Å². The number of sulfonamides is 1. The molecule has 1 aromatic carbocycles. The molecule has 2 aromatic rings. The summed E-state index contributed by atoms with van der Waals surface area (Å²) in [5.74, 6) is -1.51. The van der Waals surface area contributed by atoms with Gasteiger partial charge in [0.25, 0.3) is 10.0 Å². The van der Waals surface area contributed by atoms with Crippen molar-refractivity contribution in [2.75, 3.05) is 26.1 Å². The first kappa shape index (κ1) is 23.7. The van der Waals surface area contributed by atoms with E-state index in [1.165, 1.54) is 31.4 Å². The van der Waals surface area contributed by atoms with Crippen LogP contribution in [0.4, 0.5) is 5.95 Å². The first-order valence-corrected chi connectivity index (χ1v) is 11.0.